The molecule has 0 aromatic heterocycles. The molecule has 0 aliphatic carbocycles. The van der Waals surface area contributed by atoms with Gasteiger partial charge in [-0.15, -0.1) is 0 Å². The minimum absolute atomic E-state index is 0.159. The van der Waals surface area contributed by atoms with Crippen molar-refractivity contribution in [1.29, 1.82) is 0 Å². The fourth-order valence-corrected chi connectivity index (χ4v) is 2.28. The molecule has 0 aliphatic rings. The third-order valence-electron chi connectivity index (χ3n) is 2.09. The van der Waals surface area contributed by atoms with Gasteiger partial charge in [0, 0.05) is 17.1 Å². The number of hydrogen-bond acceptors (Lipinski definition) is 3. The van der Waals surface area contributed by atoms with Gasteiger partial charge in [-0.1, -0.05) is 0 Å². The molecule has 1 atom stereocenters. The molecule has 0 saturated carbocycles. The van der Waals surface area contributed by atoms with E-state index in [0.29, 0.717) is 6.42 Å². The van der Waals surface area contributed by atoms with Gasteiger partial charge in [-0.3, -0.25) is 9.00 Å². The largest absolute Gasteiger partial charge is 0.469 e. The molecule has 1 rings (SSSR count). The van der Waals surface area contributed by atoms with Gasteiger partial charge >= 0.3 is 5.97 Å². The molecule has 0 N–H and O–H groups in total. The second kappa shape index (κ2) is 6.44. The molecule has 0 aliphatic heterocycles. The number of rotatable bonds is 5. The van der Waals surface area contributed by atoms with Gasteiger partial charge in [0.1, 0.15) is 0 Å². The van der Waals surface area contributed by atoms with E-state index in [0.717, 1.165) is 12.1 Å². The average Bonchev–Trinajstić information content (AvgIpc) is 2.32. The van der Waals surface area contributed by atoms with Crippen LogP contribution in [-0.4, -0.2) is 23.0 Å². The maximum Gasteiger partial charge on any atom is 0.305 e. The van der Waals surface area contributed by atoms with Crippen molar-refractivity contribution >= 4 is 16.8 Å². The summed E-state index contributed by atoms with van der Waals surface area (Å²) < 4.78 is 41.6. The molecule has 0 spiro atoms. The van der Waals surface area contributed by atoms with Crippen LogP contribution in [0.3, 0.4) is 0 Å². The van der Waals surface area contributed by atoms with Crippen LogP contribution < -0.4 is 0 Å². The zero-order chi connectivity index (χ0) is 12.8. The third-order valence-corrected chi connectivity index (χ3v) is 3.53. The second-order valence-electron chi connectivity index (χ2n) is 3.31. The normalized spacial score (nSPS) is 12.2. The van der Waals surface area contributed by atoms with Gasteiger partial charge in [0.05, 0.1) is 17.9 Å². The van der Waals surface area contributed by atoms with Gasteiger partial charge in [0.2, 0.25) is 0 Å². The van der Waals surface area contributed by atoms with E-state index in [2.05, 4.69) is 4.74 Å². The Balaban J connectivity index is 2.52. The van der Waals surface area contributed by atoms with E-state index in [4.69, 9.17) is 0 Å². The predicted octanol–water partition coefficient (Wildman–Crippen LogP) is 2.03. The average molecular weight is 262 g/mol. The van der Waals surface area contributed by atoms with Gasteiger partial charge in [-0.05, 0) is 24.6 Å². The Bertz CT molecular complexity index is 435. The van der Waals surface area contributed by atoms with Crippen LogP contribution in [0.25, 0.3) is 0 Å². The number of methoxy groups -OCH3 is 1. The standard InChI is InChI=1S/C11H12F2O3S/c1-16-11(14)3-2-6-17(15)8-4-5-9(12)10(13)7-8/h4-5,7H,2-3,6H2,1H3. The summed E-state index contributed by atoms with van der Waals surface area (Å²) >= 11 is 0. The number of hydrogen-bond donors (Lipinski definition) is 0. The summed E-state index contributed by atoms with van der Waals surface area (Å²) in [6.45, 7) is 0. The lowest BCUT2D eigenvalue weighted by Gasteiger charge is -2.02. The van der Waals surface area contributed by atoms with Crippen LogP contribution in [0.15, 0.2) is 23.1 Å². The van der Waals surface area contributed by atoms with Crippen LogP contribution in [0.1, 0.15) is 12.8 Å². The molecule has 0 fully saturated rings. The lowest BCUT2D eigenvalue weighted by molar-refractivity contribution is -0.140. The van der Waals surface area contributed by atoms with Crippen molar-refractivity contribution in [3.63, 3.8) is 0 Å². The summed E-state index contributed by atoms with van der Waals surface area (Å²) in [7, 11) is -0.162. The summed E-state index contributed by atoms with van der Waals surface area (Å²) in [5, 5.41) is 0. The molecule has 94 valence electrons. The SMILES string of the molecule is COC(=O)CCCS(=O)c1ccc(F)c(F)c1. The number of ether oxygens (including phenoxy) is 1. The molecular formula is C11H12F2O3S. The summed E-state index contributed by atoms with van der Waals surface area (Å²) in [6, 6.07) is 3.11. The summed E-state index contributed by atoms with van der Waals surface area (Å²) in [5.41, 5.74) is 0. The summed E-state index contributed by atoms with van der Waals surface area (Å²) in [6.07, 6.45) is 0.532. The topological polar surface area (TPSA) is 43.4 Å². The quantitative estimate of drug-likeness (QED) is 0.762. The van der Waals surface area contributed by atoms with E-state index in [9.17, 15) is 17.8 Å². The molecule has 1 aromatic carbocycles. The van der Waals surface area contributed by atoms with E-state index < -0.39 is 22.4 Å². The van der Waals surface area contributed by atoms with Crippen molar-refractivity contribution in [3.05, 3.63) is 29.8 Å². The zero-order valence-corrected chi connectivity index (χ0v) is 10.1. The van der Waals surface area contributed by atoms with Gasteiger partial charge < -0.3 is 4.74 Å². The maximum absolute atomic E-state index is 12.9. The molecule has 0 amide bonds. The van der Waals surface area contributed by atoms with Crippen LogP contribution >= 0.6 is 0 Å². The first-order chi connectivity index (χ1) is 8.04. The Morgan fingerprint density at radius 3 is 2.65 bits per heavy atom. The number of benzene rings is 1. The fourth-order valence-electron chi connectivity index (χ4n) is 1.19. The van der Waals surface area contributed by atoms with Crippen molar-refractivity contribution in [2.75, 3.05) is 12.9 Å². The van der Waals surface area contributed by atoms with Crippen LogP contribution in [0, 0.1) is 11.6 Å². The highest BCUT2D eigenvalue weighted by atomic mass is 32.2. The highest BCUT2D eigenvalue weighted by Gasteiger charge is 2.09. The fraction of sp³-hybridized carbons (Fsp3) is 0.364. The molecule has 17 heavy (non-hydrogen) atoms. The van der Waals surface area contributed by atoms with Crippen molar-refractivity contribution in [1.82, 2.24) is 0 Å². The van der Waals surface area contributed by atoms with Gasteiger partial charge in [0.15, 0.2) is 11.6 Å². The van der Waals surface area contributed by atoms with E-state index in [1.807, 2.05) is 0 Å². The van der Waals surface area contributed by atoms with Crippen molar-refractivity contribution in [2.24, 2.45) is 0 Å². The summed E-state index contributed by atoms with van der Waals surface area (Å²) in [4.78, 5) is 11.0. The molecule has 3 nitrogen and oxygen atoms in total. The minimum atomic E-state index is -1.43. The van der Waals surface area contributed by atoms with Crippen molar-refractivity contribution in [3.8, 4) is 0 Å². The van der Waals surface area contributed by atoms with Crippen LogP contribution in [0.4, 0.5) is 8.78 Å². The first-order valence-electron chi connectivity index (χ1n) is 4.95. The van der Waals surface area contributed by atoms with Gasteiger partial charge in [-0.2, -0.15) is 0 Å². The third kappa shape index (κ3) is 4.22. The molecular weight excluding hydrogens is 250 g/mol. The second-order valence-corrected chi connectivity index (χ2v) is 4.88. The molecule has 6 heteroatoms. The Labute approximate surface area is 100 Å². The summed E-state index contributed by atoms with van der Waals surface area (Å²) in [5.74, 6) is -2.17. The van der Waals surface area contributed by atoms with E-state index >= 15 is 0 Å². The van der Waals surface area contributed by atoms with Crippen LogP contribution in [0.2, 0.25) is 0 Å². The molecule has 1 aromatic rings. The van der Waals surface area contributed by atoms with E-state index in [-0.39, 0.29) is 23.0 Å². The Morgan fingerprint density at radius 1 is 1.35 bits per heavy atom. The van der Waals surface area contributed by atoms with Crippen LogP contribution in [-0.2, 0) is 20.3 Å². The minimum Gasteiger partial charge on any atom is -0.469 e. The monoisotopic (exact) mass is 262 g/mol. The molecule has 0 radical (unpaired) electrons. The van der Waals surface area contributed by atoms with Gasteiger partial charge in [0.25, 0.3) is 0 Å². The van der Waals surface area contributed by atoms with Crippen LogP contribution in [0.5, 0.6) is 0 Å². The first-order valence-corrected chi connectivity index (χ1v) is 6.26. The highest BCUT2D eigenvalue weighted by Crippen LogP contribution is 2.13. The van der Waals surface area contributed by atoms with Crippen molar-refractivity contribution < 1.29 is 22.5 Å². The Kier molecular flexibility index (Phi) is 5.21. The maximum atomic E-state index is 12.9. The van der Waals surface area contributed by atoms with Crippen molar-refractivity contribution in [2.45, 2.75) is 17.7 Å². The van der Waals surface area contributed by atoms with E-state index in [1.165, 1.54) is 13.2 Å². The molecule has 0 heterocycles. The lowest BCUT2D eigenvalue weighted by atomic mass is 10.3. The number of esters is 1. The highest BCUT2D eigenvalue weighted by molar-refractivity contribution is 7.85. The van der Waals surface area contributed by atoms with E-state index in [1.54, 1.807) is 0 Å². The predicted molar refractivity (Wildman–Crippen MR) is 58.9 cm³/mol. The molecule has 1 unspecified atom stereocenters. The molecule has 0 bridgehead atoms. The molecule has 0 saturated heterocycles. The lowest BCUT2D eigenvalue weighted by Crippen LogP contribution is -2.05. The number of carbonyl (C=O) groups excluding carboxylic acids is 1. The number of carbonyl (C=O) groups is 1. The Hall–Kier alpha value is -1.30. The Morgan fingerprint density at radius 2 is 2.06 bits per heavy atom. The smallest absolute Gasteiger partial charge is 0.305 e. The van der Waals surface area contributed by atoms with Gasteiger partial charge in [-0.25, -0.2) is 8.78 Å². The first kappa shape index (κ1) is 13.8. The number of halogens is 2. The zero-order valence-electron chi connectivity index (χ0n) is 9.24.